The Hall–Kier alpha value is -3.02. The van der Waals surface area contributed by atoms with E-state index >= 15 is 0 Å². The van der Waals surface area contributed by atoms with E-state index in [0.29, 0.717) is 36.4 Å². The van der Waals surface area contributed by atoms with E-state index in [1.165, 1.54) is 12.5 Å². The van der Waals surface area contributed by atoms with Gasteiger partial charge in [-0.1, -0.05) is 13.0 Å². The zero-order valence-electron chi connectivity index (χ0n) is 14.6. The molecule has 2 atom stereocenters. The number of hydrogen-bond acceptors (Lipinski definition) is 3. The summed E-state index contributed by atoms with van der Waals surface area (Å²) in [5, 5.41) is 5.58. The molecule has 0 radical (unpaired) electrons. The lowest BCUT2D eigenvalue weighted by Gasteiger charge is -2.15. The third-order valence-electron chi connectivity index (χ3n) is 4.80. The van der Waals surface area contributed by atoms with Crippen LogP contribution in [-0.2, 0) is 4.79 Å². The molecule has 2 heterocycles. The van der Waals surface area contributed by atoms with Gasteiger partial charge in [-0.3, -0.25) is 9.69 Å². The molecule has 1 aromatic carbocycles. The topological polar surface area (TPSA) is 74.6 Å². The van der Waals surface area contributed by atoms with Crippen LogP contribution in [0.2, 0.25) is 0 Å². The number of benzene rings is 1. The van der Waals surface area contributed by atoms with Crippen molar-refractivity contribution in [3.63, 3.8) is 0 Å². The summed E-state index contributed by atoms with van der Waals surface area (Å²) in [6, 6.07) is 11.0. The molecule has 6 heteroatoms. The van der Waals surface area contributed by atoms with E-state index in [-0.39, 0.29) is 11.9 Å². The Balaban J connectivity index is 1.38. The van der Waals surface area contributed by atoms with Gasteiger partial charge < -0.3 is 15.1 Å². The summed E-state index contributed by atoms with van der Waals surface area (Å²) in [6.07, 6.45) is 4.29. The Labute approximate surface area is 151 Å². The second-order valence-corrected chi connectivity index (χ2v) is 6.82. The molecule has 1 saturated carbocycles. The number of carbonyl (C=O) groups excluding carboxylic acids is 2. The molecule has 2 N–H and O–H groups in total. The number of carbonyl (C=O) groups is 2. The molecule has 1 aliphatic carbocycles. The van der Waals surface area contributed by atoms with Gasteiger partial charge in [0.2, 0.25) is 5.91 Å². The van der Waals surface area contributed by atoms with Gasteiger partial charge in [0, 0.05) is 36.5 Å². The van der Waals surface area contributed by atoms with Gasteiger partial charge in [-0.15, -0.1) is 0 Å². The Morgan fingerprint density at radius 1 is 1.35 bits per heavy atom. The van der Waals surface area contributed by atoms with Crippen LogP contribution < -0.4 is 15.5 Å². The van der Waals surface area contributed by atoms with Crippen molar-refractivity contribution in [2.45, 2.75) is 19.3 Å². The molecule has 1 aliphatic heterocycles. The lowest BCUT2D eigenvalue weighted by molar-refractivity contribution is -0.111. The number of anilines is 2. The smallest absolute Gasteiger partial charge is 0.321 e. The van der Waals surface area contributed by atoms with Crippen LogP contribution in [-0.4, -0.2) is 25.0 Å². The molecule has 134 valence electrons. The highest BCUT2D eigenvalue weighted by Gasteiger charge is 2.36. The molecule has 1 aromatic heterocycles. The van der Waals surface area contributed by atoms with Crippen molar-refractivity contribution in [1.29, 1.82) is 0 Å². The standard InChI is InChI=1S/C20H21N3O3/c1-13-11-17(13)18-7-5-16(26-18)6-8-19(24)22-14-3-2-4-15(12-14)23-10-9-21-20(23)25/h2-8,12-13,17H,9-11H2,1H3,(H,21,25)(H,22,24)/b8-6-/t13-,17+/m1/s1. The minimum absolute atomic E-state index is 0.119. The molecule has 26 heavy (non-hydrogen) atoms. The summed E-state index contributed by atoms with van der Waals surface area (Å²) in [5.74, 6) is 2.64. The van der Waals surface area contributed by atoms with Crippen LogP contribution in [0, 0.1) is 5.92 Å². The zero-order chi connectivity index (χ0) is 18.1. The highest BCUT2D eigenvalue weighted by atomic mass is 16.3. The molecule has 0 bridgehead atoms. The summed E-state index contributed by atoms with van der Waals surface area (Å²) in [6.45, 7) is 3.45. The van der Waals surface area contributed by atoms with Crippen LogP contribution >= 0.6 is 0 Å². The minimum Gasteiger partial charge on any atom is -0.461 e. The average Bonchev–Trinajstić information content (AvgIpc) is 3.00. The number of amides is 3. The summed E-state index contributed by atoms with van der Waals surface area (Å²) >= 11 is 0. The second kappa shape index (κ2) is 6.71. The van der Waals surface area contributed by atoms with Gasteiger partial charge in [-0.2, -0.15) is 0 Å². The van der Waals surface area contributed by atoms with Gasteiger partial charge >= 0.3 is 6.03 Å². The zero-order valence-corrected chi connectivity index (χ0v) is 14.6. The molecule has 2 aliphatic rings. The molecular formula is C20H21N3O3. The molecule has 0 spiro atoms. The molecule has 0 unspecified atom stereocenters. The first-order valence-corrected chi connectivity index (χ1v) is 8.84. The largest absolute Gasteiger partial charge is 0.461 e. The summed E-state index contributed by atoms with van der Waals surface area (Å²) in [5.41, 5.74) is 1.40. The Morgan fingerprint density at radius 3 is 2.92 bits per heavy atom. The van der Waals surface area contributed by atoms with Gasteiger partial charge in [-0.05, 0) is 48.7 Å². The first kappa shape index (κ1) is 16.4. The second-order valence-electron chi connectivity index (χ2n) is 6.82. The number of furan rings is 1. The summed E-state index contributed by atoms with van der Waals surface area (Å²) < 4.78 is 5.76. The maximum absolute atomic E-state index is 12.2. The monoisotopic (exact) mass is 351 g/mol. The highest BCUT2D eigenvalue weighted by Crippen LogP contribution is 2.47. The van der Waals surface area contributed by atoms with E-state index in [0.717, 1.165) is 11.4 Å². The van der Waals surface area contributed by atoms with Crippen LogP contribution in [0.1, 0.15) is 30.8 Å². The summed E-state index contributed by atoms with van der Waals surface area (Å²) in [4.78, 5) is 25.6. The Bertz CT molecular complexity index is 871. The van der Waals surface area contributed by atoms with Gasteiger partial charge in [0.1, 0.15) is 11.5 Å². The van der Waals surface area contributed by atoms with E-state index in [9.17, 15) is 9.59 Å². The van der Waals surface area contributed by atoms with E-state index in [1.807, 2.05) is 24.3 Å². The van der Waals surface area contributed by atoms with Gasteiger partial charge in [0.15, 0.2) is 0 Å². The highest BCUT2D eigenvalue weighted by molar-refractivity contribution is 6.02. The quantitative estimate of drug-likeness (QED) is 0.809. The first-order chi connectivity index (χ1) is 12.6. The van der Waals surface area contributed by atoms with E-state index in [2.05, 4.69) is 17.6 Å². The van der Waals surface area contributed by atoms with Crippen LogP contribution in [0.25, 0.3) is 6.08 Å². The lowest BCUT2D eigenvalue weighted by atomic mass is 10.2. The van der Waals surface area contributed by atoms with Crippen LogP contribution in [0.15, 0.2) is 46.9 Å². The fraction of sp³-hybridized carbons (Fsp3) is 0.300. The lowest BCUT2D eigenvalue weighted by Crippen LogP contribution is -2.27. The molecule has 2 aromatic rings. The predicted molar refractivity (Wildman–Crippen MR) is 100 cm³/mol. The number of nitrogens with zero attached hydrogens (tertiary/aromatic N) is 1. The fourth-order valence-electron chi connectivity index (χ4n) is 3.19. The number of hydrogen-bond donors (Lipinski definition) is 2. The van der Waals surface area contributed by atoms with Crippen molar-refractivity contribution in [3.8, 4) is 0 Å². The van der Waals surface area contributed by atoms with Crippen LogP contribution in [0.4, 0.5) is 16.2 Å². The number of nitrogens with one attached hydrogen (secondary N) is 2. The molecular weight excluding hydrogens is 330 g/mol. The average molecular weight is 351 g/mol. The SMILES string of the molecule is C[C@@H]1C[C@@H]1c1ccc(/C=C\C(=O)Nc2cccc(N3CCNC3=O)c2)o1. The van der Waals surface area contributed by atoms with Crippen molar-refractivity contribution < 1.29 is 14.0 Å². The van der Waals surface area contributed by atoms with Crippen molar-refractivity contribution in [2.24, 2.45) is 5.92 Å². The van der Waals surface area contributed by atoms with Gasteiger partial charge in [-0.25, -0.2) is 4.79 Å². The third kappa shape index (κ3) is 3.49. The number of rotatable bonds is 5. The normalized spacial score (nSPS) is 21.9. The predicted octanol–water partition coefficient (Wildman–Crippen LogP) is 3.58. The molecule has 4 rings (SSSR count). The van der Waals surface area contributed by atoms with Crippen molar-refractivity contribution >= 4 is 29.4 Å². The summed E-state index contributed by atoms with van der Waals surface area (Å²) in [7, 11) is 0. The fourth-order valence-corrected chi connectivity index (χ4v) is 3.19. The van der Waals surface area contributed by atoms with Crippen molar-refractivity contribution in [1.82, 2.24) is 5.32 Å². The van der Waals surface area contributed by atoms with E-state index in [1.54, 1.807) is 23.1 Å². The minimum atomic E-state index is -0.245. The maximum Gasteiger partial charge on any atom is 0.321 e. The molecule has 2 fully saturated rings. The van der Waals surface area contributed by atoms with Crippen molar-refractivity contribution in [2.75, 3.05) is 23.3 Å². The Morgan fingerprint density at radius 2 is 2.19 bits per heavy atom. The number of urea groups is 1. The third-order valence-corrected chi connectivity index (χ3v) is 4.80. The maximum atomic E-state index is 12.2. The van der Waals surface area contributed by atoms with Crippen LogP contribution in [0.3, 0.4) is 0 Å². The van der Waals surface area contributed by atoms with Crippen LogP contribution in [0.5, 0.6) is 0 Å². The molecule has 1 saturated heterocycles. The van der Waals surface area contributed by atoms with Crippen molar-refractivity contribution in [3.05, 3.63) is 54.0 Å². The van der Waals surface area contributed by atoms with Gasteiger partial charge in [0.25, 0.3) is 0 Å². The van der Waals surface area contributed by atoms with E-state index < -0.39 is 0 Å². The van der Waals surface area contributed by atoms with E-state index in [4.69, 9.17) is 4.42 Å². The van der Waals surface area contributed by atoms with Gasteiger partial charge in [0.05, 0.1) is 0 Å². The first-order valence-electron chi connectivity index (χ1n) is 8.84. The molecule has 6 nitrogen and oxygen atoms in total. The molecule has 3 amide bonds. The Kier molecular flexibility index (Phi) is 4.24.